The molecule has 1 N–H and O–H groups in total. The number of carbonyl (C=O) groups excluding carboxylic acids is 2. The number of aromatic nitrogens is 3. The molecule has 1 unspecified atom stereocenters. The third-order valence-electron chi connectivity index (χ3n) is 4.83. The Labute approximate surface area is 184 Å². The van der Waals surface area contributed by atoms with Crippen LogP contribution in [-0.2, 0) is 30.0 Å². The molecule has 0 aliphatic rings. The summed E-state index contributed by atoms with van der Waals surface area (Å²) in [6.45, 7) is 5.25. The maximum Gasteiger partial charge on any atom is 0.332 e. The Morgan fingerprint density at radius 1 is 1.09 bits per heavy atom. The van der Waals surface area contributed by atoms with Crippen LogP contribution in [0.5, 0.6) is 0 Å². The summed E-state index contributed by atoms with van der Waals surface area (Å²) < 4.78 is 7.66. The van der Waals surface area contributed by atoms with Gasteiger partial charge in [-0.2, -0.15) is 0 Å². The van der Waals surface area contributed by atoms with E-state index < -0.39 is 34.8 Å². The minimum absolute atomic E-state index is 0.0925. The molecule has 0 radical (unpaired) electrons. The summed E-state index contributed by atoms with van der Waals surface area (Å²) in [7, 11) is 2.85. The maximum atomic E-state index is 13.0. The van der Waals surface area contributed by atoms with Gasteiger partial charge in [0.25, 0.3) is 11.5 Å². The van der Waals surface area contributed by atoms with E-state index in [0.717, 1.165) is 10.1 Å². The summed E-state index contributed by atoms with van der Waals surface area (Å²) in [5.74, 6) is -1.15. The van der Waals surface area contributed by atoms with E-state index in [0.29, 0.717) is 0 Å². The maximum absolute atomic E-state index is 13.0. The van der Waals surface area contributed by atoms with Crippen LogP contribution in [0.4, 0.5) is 0 Å². The Hall–Kier alpha value is -3.75. The molecule has 0 aliphatic carbocycles. The molecule has 9 heteroatoms. The molecule has 168 valence electrons. The molecule has 9 nitrogen and oxygen atoms in total. The van der Waals surface area contributed by atoms with E-state index in [4.69, 9.17) is 4.74 Å². The van der Waals surface area contributed by atoms with Crippen LogP contribution < -0.4 is 16.6 Å². The van der Waals surface area contributed by atoms with Crippen molar-refractivity contribution in [2.24, 2.45) is 14.1 Å². The molecule has 0 aliphatic heterocycles. The van der Waals surface area contributed by atoms with Gasteiger partial charge in [0.05, 0.1) is 10.9 Å². The topological polar surface area (TPSA) is 112 Å². The first-order chi connectivity index (χ1) is 15.0. The summed E-state index contributed by atoms with van der Waals surface area (Å²) in [4.78, 5) is 54.5. The van der Waals surface area contributed by atoms with Crippen molar-refractivity contribution < 1.29 is 14.3 Å². The number of esters is 1. The van der Waals surface area contributed by atoms with Crippen LogP contribution in [0, 0.1) is 0 Å². The van der Waals surface area contributed by atoms with E-state index in [2.05, 4.69) is 10.3 Å². The van der Waals surface area contributed by atoms with E-state index in [1.807, 2.05) is 30.3 Å². The number of carbonyl (C=O) groups is 2. The first-order valence-corrected chi connectivity index (χ1v) is 10.1. The average molecular weight is 438 g/mol. The second-order valence-electron chi connectivity index (χ2n) is 8.55. The van der Waals surface area contributed by atoms with Gasteiger partial charge in [0, 0.05) is 26.7 Å². The second-order valence-corrected chi connectivity index (χ2v) is 8.55. The van der Waals surface area contributed by atoms with Gasteiger partial charge in [0.2, 0.25) is 0 Å². The Morgan fingerprint density at radius 3 is 2.38 bits per heavy atom. The van der Waals surface area contributed by atoms with Crippen LogP contribution in [0.15, 0.2) is 52.2 Å². The minimum Gasteiger partial charge on any atom is -0.458 e. The van der Waals surface area contributed by atoms with Crippen molar-refractivity contribution in [2.75, 3.05) is 0 Å². The highest BCUT2D eigenvalue weighted by Gasteiger charge is 2.27. The summed E-state index contributed by atoms with van der Waals surface area (Å²) in [5, 5.41) is 2.82. The standard InChI is InChI=1S/C23H26N4O5/c1-23(2,3)32-21(30)17(11-14-9-7-6-8-10-14)25-19(28)15-12-16-18(24-13-15)26(4)22(31)27(5)20(16)29/h6-10,12-13,17H,11H2,1-5H3,(H,25,28). The number of hydrogen-bond donors (Lipinski definition) is 1. The molecule has 0 saturated heterocycles. The lowest BCUT2D eigenvalue weighted by atomic mass is 10.0. The van der Waals surface area contributed by atoms with Gasteiger partial charge in [-0.25, -0.2) is 14.6 Å². The molecule has 32 heavy (non-hydrogen) atoms. The zero-order chi connectivity index (χ0) is 23.6. The average Bonchev–Trinajstić information content (AvgIpc) is 2.74. The molecule has 1 atom stereocenters. The van der Waals surface area contributed by atoms with Gasteiger partial charge in [0.15, 0.2) is 0 Å². The van der Waals surface area contributed by atoms with E-state index >= 15 is 0 Å². The number of fused-ring (bicyclic) bond motifs is 1. The largest absolute Gasteiger partial charge is 0.458 e. The highest BCUT2D eigenvalue weighted by molar-refractivity contribution is 5.98. The lowest BCUT2D eigenvalue weighted by molar-refractivity contribution is -0.157. The number of pyridine rings is 1. The molecule has 1 aromatic carbocycles. The SMILES string of the molecule is Cn1c(=O)c2cc(C(=O)NC(Cc3ccccc3)C(=O)OC(C)(C)C)cnc2n(C)c1=O. The fraction of sp³-hybridized carbons (Fsp3) is 0.348. The normalized spacial score (nSPS) is 12.4. The summed E-state index contributed by atoms with van der Waals surface area (Å²) in [6, 6.07) is 9.68. The molecule has 3 aromatic rings. The van der Waals surface area contributed by atoms with E-state index in [-0.39, 0.29) is 23.0 Å². The number of benzene rings is 1. The van der Waals surface area contributed by atoms with Crippen molar-refractivity contribution in [1.29, 1.82) is 0 Å². The highest BCUT2D eigenvalue weighted by atomic mass is 16.6. The number of hydrogen-bond acceptors (Lipinski definition) is 6. The number of aryl methyl sites for hydroxylation is 1. The molecule has 2 heterocycles. The second kappa shape index (κ2) is 8.78. The van der Waals surface area contributed by atoms with Crippen molar-refractivity contribution in [3.8, 4) is 0 Å². The molecule has 0 fully saturated rings. The summed E-state index contributed by atoms with van der Waals surface area (Å²) in [6.07, 6.45) is 1.50. The number of amides is 1. The van der Waals surface area contributed by atoms with Crippen LogP contribution >= 0.6 is 0 Å². The lowest BCUT2D eigenvalue weighted by Crippen LogP contribution is -2.45. The monoisotopic (exact) mass is 438 g/mol. The minimum atomic E-state index is -0.942. The van der Waals surface area contributed by atoms with Gasteiger partial charge in [-0.05, 0) is 32.4 Å². The van der Waals surface area contributed by atoms with Crippen molar-refractivity contribution in [3.63, 3.8) is 0 Å². The van der Waals surface area contributed by atoms with E-state index in [9.17, 15) is 19.2 Å². The van der Waals surface area contributed by atoms with Crippen LogP contribution in [0.3, 0.4) is 0 Å². The van der Waals surface area contributed by atoms with Crippen LogP contribution in [-0.4, -0.2) is 37.6 Å². The molecular weight excluding hydrogens is 412 g/mol. The zero-order valence-corrected chi connectivity index (χ0v) is 18.7. The van der Waals surface area contributed by atoms with Gasteiger partial charge in [-0.15, -0.1) is 0 Å². The van der Waals surface area contributed by atoms with Crippen LogP contribution in [0.2, 0.25) is 0 Å². The number of ether oxygens (including phenoxy) is 1. The van der Waals surface area contributed by atoms with Gasteiger partial charge >= 0.3 is 11.7 Å². The smallest absolute Gasteiger partial charge is 0.332 e. The van der Waals surface area contributed by atoms with Gasteiger partial charge in [-0.3, -0.25) is 18.7 Å². The van der Waals surface area contributed by atoms with Gasteiger partial charge in [-0.1, -0.05) is 30.3 Å². The van der Waals surface area contributed by atoms with Gasteiger partial charge in [0.1, 0.15) is 17.3 Å². The Balaban J connectivity index is 1.94. The van der Waals surface area contributed by atoms with E-state index in [1.165, 1.54) is 30.9 Å². The highest BCUT2D eigenvalue weighted by Crippen LogP contribution is 2.13. The van der Waals surface area contributed by atoms with Crippen molar-refractivity contribution >= 4 is 22.9 Å². The fourth-order valence-corrected chi connectivity index (χ4v) is 3.25. The molecule has 3 rings (SSSR count). The third-order valence-corrected chi connectivity index (χ3v) is 4.83. The Kier molecular flexibility index (Phi) is 6.29. The van der Waals surface area contributed by atoms with Gasteiger partial charge < -0.3 is 10.1 Å². The fourth-order valence-electron chi connectivity index (χ4n) is 3.25. The van der Waals surface area contributed by atoms with Crippen molar-refractivity contribution in [3.05, 3.63) is 74.6 Å². The summed E-state index contributed by atoms with van der Waals surface area (Å²) in [5.41, 5.74) is -0.682. The lowest BCUT2D eigenvalue weighted by Gasteiger charge is -2.24. The third kappa shape index (κ3) is 4.93. The molecule has 2 aromatic heterocycles. The Morgan fingerprint density at radius 2 is 1.75 bits per heavy atom. The number of rotatable bonds is 5. The first-order valence-electron chi connectivity index (χ1n) is 10.1. The predicted molar refractivity (Wildman–Crippen MR) is 119 cm³/mol. The molecule has 0 bridgehead atoms. The molecule has 0 spiro atoms. The predicted octanol–water partition coefficient (Wildman–Crippen LogP) is 1.31. The molecule has 0 saturated carbocycles. The number of nitrogens with one attached hydrogen (secondary N) is 1. The van der Waals surface area contributed by atoms with Crippen LogP contribution in [0.1, 0.15) is 36.7 Å². The van der Waals surface area contributed by atoms with Crippen LogP contribution in [0.25, 0.3) is 11.0 Å². The first kappa shape index (κ1) is 22.9. The van der Waals surface area contributed by atoms with E-state index in [1.54, 1.807) is 20.8 Å². The molecular formula is C23H26N4O5. The Bertz CT molecular complexity index is 1290. The quantitative estimate of drug-likeness (QED) is 0.601. The molecule has 1 amide bonds. The van der Waals surface area contributed by atoms with Crippen molar-refractivity contribution in [1.82, 2.24) is 19.4 Å². The van der Waals surface area contributed by atoms with Crippen molar-refractivity contribution in [2.45, 2.75) is 38.8 Å². The zero-order valence-electron chi connectivity index (χ0n) is 18.7. The summed E-state index contributed by atoms with van der Waals surface area (Å²) >= 11 is 0. The number of nitrogens with zero attached hydrogens (tertiary/aromatic N) is 3.